The van der Waals surface area contributed by atoms with Crippen LogP contribution in [0.4, 0.5) is 5.82 Å². The molecule has 0 radical (unpaired) electrons. The molecule has 0 unspecified atom stereocenters. The number of rotatable bonds is 3. The largest absolute Gasteiger partial charge is 0.374 e. The van der Waals surface area contributed by atoms with Crippen LogP contribution in [-0.4, -0.2) is 37.3 Å². The third-order valence-electron chi connectivity index (χ3n) is 3.45. The second-order valence-electron chi connectivity index (χ2n) is 4.89. The van der Waals surface area contributed by atoms with Crippen LogP contribution in [0, 0.1) is 25.2 Å². The number of aromatic nitrogens is 1. The Labute approximate surface area is 114 Å². The van der Waals surface area contributed by atoms with Crippen LogP contribution in [-0.2, 0) is 4.74 Å². The molecular weight excluding hydrogens is 240 g/mol. The number of morpholine rings is 1. The number of hydrogen-bond donors (Lipinski definition) is 1. The van der Waals surface area contributed by atoms with Crippen LogP contribution in [0.25, 0.3) is 0 Å². The maximum Gasteiger partial charge on any atom is 0.129 e. The fourth-order valence-corrected chi connectivity index (χ4v) is 2.43. The van der Waals surface area contributed by atoms with Crippen LogP contribution < -0.4 is 10.6 Å². The summed E-state index contributed by atoms with van der Waals surface area (Å²) in [7, 11) is 0. The van der Waals surface area contributed by atoms with Gasteiger partial charge in [-0.1, -0.05) is 0 Å². The first-order chi connectivity index (χ1) is 9.15. The minimum absolute atomic E-state index is 0.178. The number of aryl methyl sites for hydroxylation is 2. The Morgan fingerprint density at radius 2 is 2.37 bits per heavy atom. The molecule has 0 aliphatic carbocycles. The highest BCUT2D eigenvalue weighted by atomic mass is 16.5. The Bertz CT molecular complexity index is 470. The van der Waals surface area contributed by atoms with Crippen molar-refractivity contribution in [1.82, 2.24) is 4.98 Å². The van der Waals surface area contributed by atoms with E-state index in [0.29, 0.717) is 18.7 Å². The zero-order valence-electron chi connectivity index (χ0n) is 11.5. The fraction of sp³-hybridized carbons (Fsp3) is 0.571. The summed E-state index contributed by atoms with van der Waals surface area (Å²) >= 11 is 0. The van der Waals surface area contributed by atoms with Gasteiger partial charge in [0.05, 0.1) is 24.0 Å². The van der Waals surface area contributed by atoms with Crippen LogP contribution in [0.3, 0.4) is 0 Å². The molecule has 102 valence electrons. The van der Waals surface area contributed by atoms with Gasteiger partial charge in [0.1, 0.15) is 11.9 Å². The minimum atomic E-state index is 0.178. The molecule has 1 aromatic rings. The Morgan fingerprint density at radius 3 is 3.00 bits per heavy atom. The van der Waals surface area contributed by atoms with Gasteiger partial charge in [-0.2, -0.15) is 5.26 Å². The molecule has 1 aromatic heterocycles. The second-order valence-corrected chi connectivity index (χ2v) is 4.89. The molecule has 5 heteroatoms. The number of nitrogens with zero attached hydrogens (tertiary/aromatic N) is 3. The lowest BCUT2D eigenvalue weighted by molar-refractivity contribution is 0.0366. The van der Waals surface area contributed by atoms with E-state index in [1.54, 1.807) is 0 Å². The number of ether oxygens (including phenoxy) is 1. The van der Waals surface area contributed by atoms with Crippen molar-refractivity contribution < 1.29 is 4.74 Å². The summed E-state index contributed by atoms with van der Waals surface area (Å²) in [6.45, 7) is 6.82. The molecule has 1 aliphatic rings. The lowest BCUT2D eigenvalue weighted by Crippen LogP contribution is -2.43. The first-order valence-electron chi connectivity index (χ1n) is 6.60. The third kappa shape index (κ3) is 3.03. The van der Waals surface area contributed by atoms with Gasteiger partial charge in [0.25, 0.3) is 0 Å². The average Bonchev–Trinajstić information content (AvgIpc) is 2.39. The lowest BCUT2D eigenvalue weighted by atomic mass is 10.1. The van der Waals surface area contributed by atoms with Crippen LogP contribution in [0.2, 0.25) is 0 Å². The van der Waals surface area contributed by atoms with Gasteiger partial charge >= 0.3 is 0 Å². The Morgan fingerprint density at radius 1 is 1.58 bits per heavy atom. The van der Waals surface area contributed by atoms with Crippen LogP contribution in [0.1, 0.15) is 23.2 Å². The van der Waals surface area contributed by atoms with E-state index < -0.39 is 0 Å². The van der Waals surface area contributed by atoms with Gasteiger partial charge in [-0.25, -0.2) is 4.98 Å². The summed E-state index contributed by atoms with van der Waals surface area (Å²) in [6, 6.07) is 4.18. The SMILES string of the molecule is Cc1cc(N2CCO[C@@H](CCN)C2)nc(C)c1C#N. The van der Waals surface area contributed by atoms with Crippen molar-refractivity contribution in [3.8, 4) is 6.07 Å². The molecule has 1 atom stereocenters. The van der Waals surface area contributed by atoms with Gasteiger partial charge in [-0.15, -0.1) is 0 Å². The van der Waals surface area contributed by atoms with E-state index in [-0.39, 0.29) is 6.10 Å². The summed E-state index contributed by atoms with van der Waals surface area (Å²) in [4.78, 5) is 6.75. The number of pyridine rings is 1. The lowest BCUT2D eigenvalue weighted by Gasteiger charge is -2.34. The quantitative estimate of drug-likeness (QED) is 0.881. The number of nitriles is 1. The minimum Gasteiger partial charge on any atom is -0.374 e. The summed E-state index contributed by atoms with van der Waals surface area (Å²) in [5, 5.41) is 9.08. The smallest absolute Gasteiger partial charge is 0.129 e. The predicted octanol–water partition coefficient (Wildman–Crippen LogP) is 1.12. The van der Waals surface area contributed by atoms with E-state index in [4.69, 9.17) is 15.7 Å². The summed E-state index contributed by atoms with van der Waals surface area (Å²) in [5.74, 6) is 0.930. The molecule has 2 rings (SSSR count). The maximum absolute atomic E-state index is 9.08. The van der Waals surface area contributed by atoms with Crippen LogP contribution in [0.15, 0.2) is 6.07 Å². The Balaban J connectivity index is 2.20. The average molecular weight is 260 g/mol. The Kier molecular flexibility index (Phi) is 4.35. The summed E-state index contributed by atoms with van der Waals surface area (Å²) < 4.78 is 5.67. The zero-order valence-corrected chi connectivity index (χ0v) is 11.5. The van der Waals surface area contributed by atoms with E-state index in [1.807, 2.05) is 19.9 Å². The number of nitrogens with two attached hydrogens (primary N) is 1. The monoisotopic (exact) mass is 260 g/mol. The third-order valence-corrected chi connectivity index (χ3v) is 3.45. The Hall–Kier alpha value is -1.64. The van der Waals surface area contributed by atoms with Gasteiger partial charge in [0.15, 0.2) is 0 Å². The molecule has 2 heterocycles. The maximum atomic E-state index is 9.08. The van der Waals surface area contributed by atoms with Crippen molar-refractivity contribution in [2.45, 2.75) is 26.4 Å². The molecule has 2 N–H and O–H groups in total. The molecule has 0 bridgehead atoms. The summed E-state index contributed by atoms with van der Waals surface area (Å²) in [6.07, 6.45) is 1.04. The van der Waals surface area contributed by atoms with Crippen molar-refractivity contribution in [3.05, 3.63) is 22.9 Å². The van der Waals surface area contributed by atoms with E-state index >= 15 is 0 Å². The molecule has 1 aliphatic heterocycles. The van der Waals surface area contributed by atoms with Gasteiger partial charge in [0, 0.05) is 13.1 Å². The topological polar surface area (TPSA) is 75.2 Å². The van der Waals surface area contributed by atoms with E-state index in [1.165, 1.54) is 0 Å². The van der Waals surface area contributed by atoms with Crippen LogP contribution in [0.5, 0.6) is 0 Å². The highest BCUT2D eigenvalue weighted by molar-refractivity contribution is 5.50. The molecule has 0 aromatic carbocycles. The van der Waals surface area contributed by atoms with Gasteiger partial charge in [-0.3, -0.25) is 0 Å². The van der Waals surface area contributed by atoms with Gasteiger partial charge in [-0.05, 0) is 38.4 Å². The number of hydrogen-bond acceptors (Lipinski definition) is 5. The molecule has 1 saturated heterocycles. The van der Waals surface area contributed by atoms with Crippen molar-refractivity contribution in [2.24, 2.45) is 5.73 Å². The zero-order chi connectivity index (χ0) is 13.8. The molecule has 1 fully saturated rings. The first kappa shape index (κ1) is 13.8. The van der Waals surface area contributed by atoms with Crippen molar-refractivity contribution in [1.29, 1.82) is 5.26 Å². The van der Waals surface area contributed by atoms with Gasteiger partial charge < -0.3 is 15.4 Å². The molecule has 0 spiro atoms. The van der Waals surface area contributed by atoms with E-state index in [2.05, 4.69) is 16.0 Å². The summed E-state index contributed by atoms with van der Waals surface area (Å²) in [5.41, 5.74) is 8.03. The molecule has 5 nitrogen and oxygen atoms in total. The molecule has 0 amide bonds. The van der Waals surface area contributed by atoms with Crippen molar-refractivity contribution >= 4 is 5.82 Å². The predicted molar refractivity (Wildman–Crippen MR) is 74.1 cm³/mol. The first-order valence-corrected chi connectivity index (χ1v) is 6.60. The molecule has 19 heavy (non-hydrogen) atoms. The second kappa shape index (κ2) is 6.00. The van der Waals surface area contributed by atoms with Crippen molar-refractivity contribution in [3.63, 3.8) is 0 Å². The van der Waals surface area contributed by atoms with E-state index in [9.17, 15) is 0 Å². The van der Waals surface area contributed by atoms with Crippen LogP contribution >= 0.6 is 0 Å². The normalized spacial score (nSPS) is 19.3. The van der Waals surface area contributed by atoms with E-state index in [0.717, 1.165) is 36.6 Å². The fourth-order valence-electron chi connectivity index (χ4n) is 2.43. The molecule has 0 saturated carbocycles. The number of anilines is 1. The highest BCUT2D eigenvalue weighted by Gasteiger charge is 2.21. The highest BCUT2D eigenvalue weighted by Crippen LogP contribution is 2.21. The molecular formula is C14H20N4O. The van der Waals surface area contributed by atoms with Gasteiger partial charge in [0.2, 0.25) is 0 Å². The van der Waals surface area contributed by atoms with Crippen molar-refractivity contribution in [2.75, 3.05) is 31.1 Å². The standard InChI is InChI=1S/C14H20N4O/c1-10-7-14(17-11(2)13(10)8-16)18-5-6-19-12(9-18)3-4-15/h7,12H,3-6,9,15H2,1-2H3/t12-/m0/s1.